The van der Waals surface area contributed by atoms with Crippen LogP contribution < -0.4 is 10.6 Å². The van der Waals surface area contributed by atoms with Gasteiger partial charge in [0.15, 0.2) is 0 Å². The number of anilines is 1. The molecule has 5 amide bonds. The molecule has 8 heteroatoms. The van der Waals surface area contributed by atoms with Crippen LogP contribution in [0.5, 0.6) is 0 Å². The lowest BCUT2D eigenvalue weighted by Crippen LogP contribution is -2.44. The molecule has 3 aliphatic rings. The number of imide groups is 1. The first-order valence-electron chi connectivity index (χ1n) is 11.3. The predicted octanol–water partition coefficient (Wildman–Crippen LogP) is 2.51. The number of nitrogens with one attached hydrogen (secondary N) is 2. The predicted molar refractivity (Wildman–Crippen MR) is 115 cm³/mol. The SMILES string of the molecule is O=C(Nc1ccccc1)C1CCN(C(=O)CCCN2C(=O)NC3(CCCC3)C2=O)CC1. The van der Waals surface area contributed by atoms with Gasteiger partial charge in [-0.05, 0) is 44.2 Å². The van der Waals surface area contributed by atoms with E-state index in [9.17, 15) is 19.2 Å². The number of benzene rings is 1. The van der Waals surface area contributed by atoms with Crippen LogP contribution in [-0.2, 0) is 14.4 Å². The number of carbonyl (C=O) groups excluding carboxylic acids is 4. The smallest absolute Gasteiger partial charge is 0.325 e. The quantitative estimate of drug-likeness (QED) is 0.683. The zero-order valence-corrected chi connectivity index (χ0v) is 17.8. The van der Waals surface area contributed by atoms with Crippen LogP contribution in [0.1, 0.15) is 51.4 Å². The highest BCUT2D eigenvalue weighted by atomic mass is 16.2. The minimum absolute atomic E-state index is 0.00213. The molecule has 0 radical (unpaired) electrons. The van der Waals surface area contributed by atoms with E-state index in [1.165, 1.54) is 4.90 Å². The van der Waals surface area contributed by atoms with E-state index in [-0.39, 0.29) is 36.2 Å². The summed E-state index contributed by atoms with van der Waals surface area (Å²) >= 11 is 0. The Hall–Kier alpha value is -2.90. The molecule has 1 aliphatic carbocycles. The van der Waals surface area contributed by atoms with Crippen LogP contribution in [0.15, 0.2) is 30.3 Å². The van der Waals surface area contributed by atoms with Crippen LogP contribution in [0.2, 0.25) is 0 Å². The molecule has 0 atom stereocenters. The summed E-state index contributed by atoms with van der Waals surface area (Å²) in [5, 5.41) is 5.80. The van der Waals surface area contributed by atoms with Crippen LogP contribution in [-0.4, -0.2) is 58.7 Å². The summed E-state index contributed by atoms with van der Waals surface area (Å²) < 4.78 is 0. The average Bonchev–Trinajstić information content (AvgIpc) is 3.34. The summed E-state index contributed by atoms with van der Waals surface area (Å²) in [7, 11) is 0. The highest BCUT2D eigenvalue weighted by Gasteiger charge is 2.52. The lowest BCUT2D eigenvalue weighted by atomic mass is 9.95. The van der Waals surface area contributed by atoms with Crippen molar-refractivity contribution >= 4 is 29.4 Å². The average molecular weight is 427 g/mol. The van der Waals surface area contributed by atoms with Gasteiger partial charge in [0, 0.05) is 37.7 Å². The maximum absolute atomic E-state index is 12.7. The van der Waals surface area contributed by atoms with Gasteiger partial charge < -0.3 is 15.5 Å². The van der Waals surface area contributed by atoms with Crippen molar-refractivity contribution in [3.8, 4) is 0 Å². The molecule has 3 fully saturated rings. The highest BCUT2D eigenvalue weighted by molar-refractivity contribution is 6.07. The molecule has 2 saturated heterocycles. The standard InChI is InChI=1S/C23H30N4O4/c28-19(9-6-14-27-21(30)23(25-22(27)31)12-4-5-13-23)26-15-10-17(11-16-26)20(29)24-18-7-2-1-3-8-18/h1-3,7-8,17H,4-6,9-16H2,(H,24,29)(H,25,31). The number of hydrogen-bond donors (Lipinski definition) is 2. The van der Waals surface area contributed by atoms with E-state index in [2.05, 4.69) is 10.6 Å². The zero-order chi connectivity index (χ0) is 21.8. The molecule has 0 unspecified atom stereocenters. The maximum atomic E-state index is 12.7. The van der Waals surface area contributed by atoms with E-state index < -0.39 is 5.54 Å². The Labute approximate surface area is 182 Å². The summed E-state index contributed by atoms with van der Waals surface area (Å²) in [5.41, 5.74) is 0.0921. The first kappa shape index (κ1) is 21.3. The summed E-state index contributed by atoms with van der Waals surface area (Å²) in [6.07, 6.45) is 5.36. The first-order chi connectivity index (χ1) is 15.0. The molecule has 0 aromatic heterocycles. The zero-order valence-electron chi connectivity index (χ0n) is 17.8. The van der Waals surface area contributed by atoms with E-state index in [0.29, 0.717) is 51.6 Å². The Kier molecular flexibility index (Phi) is 6.25. The van der Waals surface area contributed by atoms with Gasteiger partial charge in [-0.2, -0.15) is 0 Å². The van der Waals surface area contributed by atoms with Crippen molar-refractivity contribution in [2.24, 2.45) is 5.92 Å². The fraction of sp³-hybridized carbons (Fsp3) is 0.565. The van der Waals surface area contributed by atoms with Crippen LogP contribution in [0, 0.1) is 5.92 Å². The van der Waals surface area contributed by atoms with Crippen LogP contribution in [0.4, 0.5) is 10.5 Å². The first-order valence-corrected chi connectivity index (χ1v) is 11.3. The summed E-state index contributed by atoms with van der Waals surface area (Å²) in [5.74, 6) is -0.215. The second-order valence-electron chi connectivity index (χ2n) is 8.79. The number of piperidine rings is 1. The minimum Gasteiger partial charge on any atom is -0.343 e. The van der Waals surface area contributed by atoms with Crippen molar-refractivity contribution in [2.45, 2.75) is 56.9 Å². The van der Waals surface area contributed by atoms with Gasteiger partial charge in [0.25, 0.3) is 5.91 Å². The van der Waals surface area contributed by atoms with Gasteiger partial charge in [-0.3, -0.25) is 19.3 Å². The van der Waals surface area contributed by atoms with Crippen molar-refractivity contribution in [3.63, 3.8) is 0 Å². The monoisotopic (exact) mass is 426 g/mol. The highest BCUT2D eigenvalue weighted by Crippen LogP contribution is 2.35. The van der Waals surface area contributed by atoms with Crippen LogP contribution in [0.3, 0.4) is 0 Å². The molecule has 1 aromatic rings. The molecule has 1 spiro atoms. The van der Waals surface area contributed by atoms with Gasteiger partial charge in [-0.25, -0.2) is 4.79 Å². The molecule has 0 bridgehead atoms. The largest absolute Gasteiger partial charge is 0.343 e. The Morgan fingerprint density at radius 3 is 2.42 bits per heavy atom. The fourth-order valence-corrected chi connectivity index (χ4v) is 4.90. The number of likely N-dealkylation sites (tertiary alicyclic amines) is 1. The molecule has 1 saturated carbocycles. The minimum atomic E-state index is -0.691. The molecule has 8 nitrogen and oxygen atoms in total. The lowest BCUT2D eigenvalue weighted by molar-refractivity contribution is -0.135. The molecular formula is C23H30N4O4. The van der Waals surface area contributed by atoms with Gasteiger partial charge in [0.05, 0.1) is 0 Å². The third-order valence-corrected chi connectivity index (χ3v) is 6.74. The van der Waals surface area contributed by atoms with Crippen molar-refractivity contribution < 1.29 is 19.2 Å². The van der Waals surface area contributed by atoms with E-state index in [1.807, 2.05) is 30.3 Å². The van der Waals surface area contributed by atoms with Crippen molar-refractivity contribution in [3.05, 3.63) is 30.3 Å². The Morgan fingerprint density at radius 1 is 1.06 bits per heavy atom. The Morgan fingerprint density at radius 2 is 1.74 bits per heavy atom. The number of para-hydroxylation sites is 1. The summed E-state index contributed by atoms with van der Waals surface area (Å²) in [4.78, 5) is 53.0. The number of carbonyl (C=O) groups is 4. The van der Waals surface area contributed by atoms with E-state index >= 15 is 0 Å². The van der Waals surface area contributed by atoms with Gasteiger partial charge >= 0.3 is 6.03 Å². The number of hydrogen-bond acceptors (Lipinski definition) is 4. The van der Waals surface area contributed by atoms with Gasteiger partial charge in [0.2, 0.25) is 11.8 Å². The molecule has 2 heterocycles. The molecule has 4 rings (SSSR count). The molecular weight excluding hydrogens is 396 g/mol. The second-order valence-corrected chi connectivity index (χ2v) is 8.79. The van der Waals surface area contributed by atoms with Crippen molar-refractivity contribution in [1.82, 2.24) is 15.1 Å². The van der Waals surface area contributed by atoms with Crippen LogP contribution in [0.25, 0.3) is 0 Å². The third kappa shape index (κ3) is 4.57. The normalized spacial score (nSPS) is 20.9. The van der Waals surface area contributed by atoms with Gasteiger partial charge in [-0.15, -0.1) is 0 Å². The summed E-state index contributed by atoms with van der Waals surface area (Å²) in [6, 6.07) is 9.05. The third-order valence-electron chi connectivity index (χ3n) is 6.74. The number of amides is 5. The Bertz CT molecular complexity index is 842. The van der Waals surface area contributed by atoms with Crippen molar-refractivity contribution in [1.29, 1.82) is 0 Å². The summed E-state index contributed by atoms with van der Waals surface area (Å²) in [6.45, 7) is 1.38. The fourth-order valence-electron chi connectivity index (χ4n) is 4.90. The van der Waals surface area contributed by atoms with Crippen LogP contribution >= 0.6 is 0 Å². The molecule has 2 N–H and O–H groups in total. The molecule has 166 valence electrons. The lowest BCUT2D eigenvalue weighted by Gasteiger charge is -2.31. The maximum Gasteiger partial charge on any atom is 0.325 e. The van der Waals surface area contributed by atoms with Crippen molar-refractivity contribution in [2.75, 3.05) is 25.0 Å². The van der Waals surface area contributed by atoms with E-state index in [4.69, 9.17) is 0 Å². The van der Waals surface area contributed by atoms with E-state index in [1.54, 1.807) is 4.90 Å². The number of rotatable bonds is 6. The van der Waals surface area contributed by atoms with Gasteiger partial charge in [0.1, 0.15) is 5.54 Å². The van der Waals surface area contributed by atoms with E-state index in [0.717, 1.165) is 18.5 Å². The topological polar surface area (TPSA) is 98.8 Å². The van der Waals surface area contributed by atoms with Gasteiger partial charge in [-0.1, -0.05) is 31.0 Å². The Balaban J connectivity index is 1.19. The second kappa shape index (κ2) is 9.08. The molecule has 2 aliphatic heterocycles. The number of nitrogens with zero attached hydrogens (tertiary/aromatic N) is 2. The number of urea groups is 1. The molecule has 1 aromatic carbocycles. The molecule has 31 heavy (non-hydrogen) atoms.